The number of anilines is 1. The summed E-state index contributed by atoms with van der Waals surface area (Å²) in [6.07, 6.45) is -7.08. The molecule has 0 unspecified atom stereocenters. The fourth-order valence-corrected chi connectivity index (χ4v) is 3.63. The zero-order valence-electron chi connectivity index (χ0n) is 18.3. The SMILES string of the molecule is O=C(O)Cn1nnnc1Sc1ccc([N+](=O)[O-])cc1C(=O)Nc1cc(F)c(C(F)(F)C(F)(F)C(F)(F)F)cn1. The third-order valence-corrected chi connectivity index (χ3v) is 5.64. The fraction of sp³-hybridized carbons (Fsp3) is 0.222. The molecule has 0 aliphatic heterocycles. The molecule has 0 bridgehead atoms. The van der Waals surface area contributed by atoms with Gasteiger partial charge in [0.05, 0.1) is 16.1 Å². The molecule has 0 fully saturated rings. The number of alkyl halides is 7. The number of carbonyl (C=O) groups excluding carboxylic acids is 1. The first-order valence-corrected chi connectivity index (χ1v) is 10.5. The lowest BCUT2D eigenvalue weighted by molar-refractivity contribution is -0.384. The van der Waals surface area contributed by atoms with Gasteiger partial charge in [-0.2, -0.15) is 30.7 Å². The van der Waals surface area contributed by atoms with Gasteiger partial charge in [-0.1, -0.05) is 0 Å². The number of carboxylic acid groups (broad SMARTS) is 1. The zero-order chi connectivity index (χ0) is 29.3. The molecule has 0 spiro atoms. The number of carbonyl (C=O) groups is 2. The van der Waals surface area contributed by atoms with Gasteiger partial charge in [-0.15, -0.1) is 5.10 Å². The van der Waals surface area contributed by atoms with E-state index < -0.39 is 69.8 Å². The summed E-state index contributed by atoms with van der Waals surface area (Å²) in [6.45, 7) is -0.711. The smallest absolute Gasteiger partial charge is 0.460 e. The van der Waals surface area contributed by atoms with Gasteiger partial charge >= 0.3 is 24.0 Å². The van der Waals surface area contributed by atoms with Crippen LogP contribution in [0.15, 0.2) is 40.5 Å². The maximum Gasteiger partial charge on any atom is 0.460 e. The van der Waals surface area contributed by atoms with E-state index in [0.717, 1.165) is 16.8 Å². The van der Waals surface area contributed by atoms with Gasteiger partial charge in [0.15, 0.2) is 0 Å². The number of nitro benzene ring substituents is 1. The van der Waals surface area contributed by atoms with Crippen molar-refractivity contribution in [2.75, 3.05) is 5.32 Å². The van der Waals surface area contributed by atoms with Crippen molar-refractivity contribution in [1.82, 2.24) is 25.2 Å². The topological polar surface area (TPSA) is 166 Å². The van der Waals surface area contributed by atoms with E-state index in [2.05, 4.69) is 20.5 Å². The van der Waals surface area contributed by atoms with Crippen LogP contribution in [-0.2, 0) is 17.3 Å². The van der Waals surface area contributed by atoms with E-state index in [9.17, 15) is 54.8 Å². The highest BCUT2D eigenvalue weighted by molar-refractivity contribution is 7.99. The summed E-state index contributed by atoms with van der Waals surface area (Å²) in [5.74, 6) is -18.6. The highest BCUT2D eigenvalue weighted by atomic mass is 32.2. The van der Waals surface area contributed by atoms with Gasteiger partial charge in [0, 0.05) is 29.3 Å². The molecule has 0 atom stereocenters. The number of benzene rings is 1. The Morgan fingerprint density at radius 1 is 1.13 bits per heavy atom. The molecule has 0 aliphatic carbocycles. The number of nitrogens with one attached hydrogen (secondary N) is 1. The molecule has 0 saturated carbocycles. The number of rotatable bonds is 9. The molecule has 0 aliphatic rings. The minimum absolute atomic E-state index is 0.0643. The van der Waals surface area contributed by atoms with Crippen molar-refractivity contribution in [3.8, 4) is 0 Å². The number of pyridine rings is 1. The Labute approximate surface area is 213 Å². The zero-order valence-corrected chi connectivity index (χ0v) is 19.1. The average Bonchev–Trinajstić information content (AvgIpc) is 3.23. The number of halogens is 8. The number of hydrogen-bond acceptors (Lipinski definition) is 9. The van der Waals surface area contributed by atoms with Crippen LogP contribution in [0, 0.1) is 15.9 Å². The number of non-ortho nitro benzene ring substituents is 1. The lowest BCUT2D eigenvalue weighted by Crippen LogP contribution is -2.50. The number of hydrogen-bond donors (Lipinski definition) is 2. The van der Waals surface area contributed by atoms with Crippen molar-refractivity contribution in [3.05, 3.63) is 57.5 Å². The predicted octanol–water partition coefficient (Wildman–Crippen LogP) is 3.89. The first kappa shape index (κ1) is 29.1. The van der Waals surface area contributed by atoms with Crippen LogP contribution in [0.2, 0.25) is 0 Å². The molecule has 1 amide bonds. The summed E-state index contributed by atoms with van der Waals surface area (Å²) < 4.78 is 106. The lowest BCUT2D eigenvalue weighted by atomic mass is 10.0. The first-order chi connectivity index (χ1) is 18.0. The van der Waals surface area contributed by atoms with Crippen LogP contribution >= 0.6 is 11.8 Å². The van der Waals surface area contributed by atoms with Crippen LogP contribution in [0.25, 0.3) is 0 Å². The molecule has 0 radical (unpaired) electrons. The summed E-state index contributed by atoms with van der Waals surface area (Å²) in [4.78, 5) is 36.9. The molecule has 21 heteroatoms. The molecule has 2 heterocycles. The predicted molar refractivity (Wildman–Crippen MR) is 110 cm³/mol. The third-order valence-electron chi connectivity index (χ3n) is 4.59. The van der Waals surface area contributed by atoms with E-state index in [1.165, 1.54) is 0 Å². The number of amides is 1. The standard InChI is InChI=1S/C18H9F8N7O5S/c19-10-4-12(27-5-9(10)16(20,21)17(22,23)18(24,25)26)28-14(36)8-3-7(33(37)38)1-2-11(8)39-15-29-30-31-32(15)6-13(34)35/h1-5H,6H2,(H,34,35)(H,27,28,36). The van der Waals surface area contributed by atoms with Crippen molar-refractivity contribution in [3.63, 3.8) is 0 Å². The summed E-state index contributed by atoms with van der Waals surface area (Å²) in [6, 6.07) is 2.63. The number of nitrogens with zero attached hydrogens (tertiary/aromatic N) is 6. The number of aromatic nitrogens is 5. The largest absolute Gasteiger partial charge is 0.480 e. The van der Waals surface area contributed by atoms with Crippen molar-refractivity contribution < 1.29 is 54.7 Å². The molecule has 39 heavy (non-hydrogen) atoms. The molecule has 2 aromatic heterocycles. The lowest BCUT2D eigenvalue weighted by Gasteiger charge is -2.28. The summed E-state index contributed by atoms with van der Waals surface area (Å²) in [5.41, 5.74) is -3.60. The quantitative estimate of drug-likeness (QED) is 0.213. The van der Waals surface area contributed by atoms with Crippen LogP contribution in [0.5, 0.6) is 0 Å². The van der Waals surface area contributed by atoms with Gasteiger partial charge in [-0.25, -0.2) is 14.1 Å². The Morgan fingerprint density at radius 3 is 2.36 bits per heavy atom. The molecule has 1 aromatic carbocycles. The minimum atomic E-state index is -6.74. The Kier molecular flexibility index (Phi) is 7.75. The summed E-state index contributed by atoms with van der Waals surface area (Å²) in [7, 11) is 0. The van der Waals surface area contributed by atoms with Crippen LogP contribution in [0.1, 0.15) is 15.9 Å². The van der Waals surface area contributed by atoms with E-state index in [4.69, 9.17) is 5.11 Å². The number of aliphatic carboxylic acids is 1. The molecule has 3 rings (SSSR count). The number of nitro groups is 1. The first-order valence-electron chi connectivity index (χ1n) is 9.69. The molecule has 0 saturated heterocycles. The maximum absolute atomic E-state index is 14.2. The van der Waals surface area contributed by atoms with Gasteiger partial charge in [-0.3, -0.25) is 19.7 Å². The maximum atomic E-state index is 14.2. The van der Waals surface area contributed by atoms with Crippen LogP contribution in [-0.4, -0.2) is 59.2 Å². The molecule has 2 N–H and O–H groups in total. The van der Waals surface area contributed by atoms with Gasteiger partial charge in [0.1, 0.15) is 18.2 Å². The van der Waals surface area contributed by atoms with Gasteiger partial charge in [0.2, 0.25) is 5.16 Å². The van der Waals surface area contributed by atoms with Gasteiger partial charge in [-0.05, 0) is 28.3 Å². The van der Waals surface area contributed by atoms with Crippen LogP contribution in [0.3, 0.4) is 0 Å². The van der Waals surface area contributed by atoms with E-state index in [-0.39, 0.29) is 22.3 Å². The number of tetrazole rings is 1. The van der Waals surface area contributed by atoms with Gasteiger partial charge in [0.25, 0.3) is 11.6 Å². The molecule has 208 valence electrons. The van der Waals surface area contributed by atoms with Crippen molar-refractivity contribution >= 4 is 35.1 Å². The van der Waals surface area contributed by atoms with E-state index >= 15 is 0 Å². The highest BCUT2D eigenvalue weighted by Gasteiger charge is 2.74. The molecular weight excluding hydrogens is 578 g/mol. The van der Waals surface area contributed by atoms with Crippen LogP contribution in [0.4, 0.5) is 46.6 Å². The monoisotopic (exact) mass is 587 g/mol. The number of carboxylic acids is 1. The molecule has 12 nitrogen and oxygen atoms in total. The Hall–Kier alpha value is -4.43. The van der Waals surface area contributed by atoms with Crippen molar-refractivity contribution in [2.24, 2.45) is 0 Å². The summed E-state index contributed by atoms with van der Waals surface area (Å²) >= 11 is 0.559. The Morgan fingerprint density at radius 2 is 1.79 bits per heavy atom. The minimum Gasteiger partial charge on any atom is -0.480 e. The van der Waals surface area contributed by atoms with E-state index in [0.29, 0.717) is 17.8 Å². The Bertz CT molecular complexity index is 1450. The van der Waals surface area contributed by atoms with E-state index in [1.54, 1.807) is 0 Å². The average molecular weight is 587 g/mol. The second-order valence-corrected chi connectivity index (χ2v) is 8.21. The molecular formula is C18H9F8N7O5S. The second-order valence-electron chi connectivity index (χ2n) is 7.20. The van der Waals surface area contributed by atoms with Crippen molar-refractivity contribution in [1.29, 1.82) is 0 Å². The molecule has 3 aromatic rings. The highest BCUT2D eigenvalue weighted by Crippen LogP contribution is 2.52. The van der Waals surface area contributed by atoms with Gasteiger partial charge < -0.3 is 10.4 Å². The summed E-state index contributed by atoms with van der Waals surface area (Å²) in [5, 5.41) is 32.0. The third kappa shape index (κ3) is 5.86. The van der Waals surface area contributed by atoms with E-state index in [1.807, 2.05) is 5.32 Å². The normalized spacial score (nSPS) is 12.3. The fourth-order valence-electron chi connectivity index (χ4n) is 2.75. The Balaban J connectivity index is 1.95. The van der Waals surface area contributed by atoms with Crippen molar-refractivity contribution in [2.45, 2.75) is 34.6 Å². The van der Waals surface area contributed by atoms with Crippen LogP contribution < -0.4 is 5.32 Å². The second kappa shape index (κ2) is 10.4.